The fraction of sp³-hybridized carbons (Fsp3) is 0.811. The van der Waals surface area contributed by atoms with Crippen molar-refractivity contribution in [1.29, 1.82) is 0 Å². The van der Waals surface area contributed by atoms with E-state index in [1.54, 1.807) is 0 Å². The molecule has 0 aromatic carbocycles. The summed E-state index contributed by atoms with van der Waals surface area (Å²) in [6.07, 6.45) is 43.3. The van der Waals surface area contributed by atoms with Crippen LogP contribution in [0.25, 0.3) is 0 Å². The number of hydrogen-bond donors (Lipinski definition) is 2. The molecule has 4 heteroatoms. The van der Waals surface area contributed by atoms with Crippen LogP contribution < -0.4 is 10.6 Å². The van der Waals surface area contributed by atoms with E-state index in [9.17, 15) is 4.79 Å². The minimum Gasteiger partial charge on any atom is -0.446 e. The van der Waals surface area contributed by atoms with Gasteiger partial charge in [0, 0.05) is 6.54 Å². The number of ether oxygens (including phenoxy) is 1. The van der Waals surface area contributed by atoms with Crippen molar-refractivity contribution >= 4 is 6.09 Å². The zero-order chi connectivity index (χ0) is 29.9. The maximum absolute atomic E-state index is 12.3. The molecule has 0 radical (unpaired) electrons. The number of carbonyl (C=O) groups is 1. The number of carbonyl (C=O) groups excluding carboxylic acids is 1. The largest absolute Gasteiger partial charge is 0.446 e. The summed E-state index contributed by atoms with van der Waals surface area (Å²) in [5.41, 5.74) is 0. The Morgan fingerprint density at radius 1 is 0.561 bits per heavy atom. The molecule has 0 heterocycles. The van der Waals surface area contributed by atoms with E-state index < -0.39 is 0 Å². The molecule has 41 heavy (non-hydrogen) atoms. The molecule has 1 atom stereocenters. The van der Waals surface area contributed by atoms with Gasteiger partial charge < -0.3 is 15.4 Å². The van der Waals surface area contributed by atoms with Crippen LogP contribution in [0.3, 0.4) is 0 Å². The first-order chi connectivity index (χ1) is 20.2. The zero-order valence-corrected chi connectivity index (χ0v) is 27.7. The molecule has 240 valence electrons. The van der Waals surface area contributed by atoms with E-state index >= 15 is 0 Å². The van der Waals surface area contributed by atoms with Crippen LogP contribution in [0.15, 0.2) is 36.5 Å². The first-order valence-corrected chi connectivity index (χ1v) is 17.8. The van der Waals surface area contributed by atoms with Crippen molar-refractivity contribution in [1.82, 2.24) is 10.6 Å². The third kappa shape index (κ3) is 32.8. The molecule has 0 aliphatic heterocycles. The number of nitrogens with one attached hydrogen (secondary N) is 2. The zero-order valence-electron chi connectivity index (χ0n) is 27.7. The summed E-state index contributed by atoms with van der Waals surface area (Å²) in [4.78, 5) is 12.3. The lowest BCUT2D eigenvalue weighted by Gasteiger charge is -2.18. The number of unbranched alkanes of at least 4 members (excludes halogenated alkanes) is 16. The second-order valence-electron chi connectivity index (χ2n) is 11.7. The first-order valence-electron chi connectivity index (χ1n) is 17.8. The maximum Gasteiger partial charge on any atom is 0.407 e. The monoisotopic (exact) mass is 575 g/mol. The van der Waals surface area contributed by atoms with Gasteiger partial charge in [-0.3, -0.25) is 0 Å². The quantitative estimate of drug-likeness (QED) is 0.0639. The molecular weight excluding hydrogens is 504 g/mol. The highest BCUT2D eigenvalue weighted by Gasteiger charge is 2.14. The van der Waals surface area contributed by atoms with Crippen LogP contribution in [0.1, 0.15) is 168 Å². The van der Waals surface area contributed by atoms with E-state index in [0.29, 0.717) is 6.54 Å². The summed E-state index contributed by atoms with van der Waals surface area (Å²) >= 11 is 0. The molecule has 0 spiro atoms. The van der Waals surface area contributed by atoms with E-state index in [1.165, 1.54) is 116 Å². The van der Waals surface area contributed by atoms with Gasteiger partial charge in [0.25, 0.3) is 0 Å². The number of allylic oxidation sites excluding steroid dienone is 6. The predicted octanol–water partition coefficient (Wildman–Crippen LogP) is 11.4. The van der Waals surface area contributed by atoms with Crippen LogP contribution in [-0.4, -0.2) is 32.3 Å². The Balaban J connectivity index is 3.99. The van der Waals surface area contributed by atoms with Crippen molar-refractivity contribution in [2.75, 3.05) is 20.1 Å². The highest BCUT2D eigenvalue weighted by Crippen LogP contribution is 2.17. The summed E-state index contributed by atoms with van der Waals surface area (Å²) < 4.78 is 5.86. The molecule has 4 nitrogen and oxygen atoms in total. The molecule has 0 aliphatic rings. The van der Waals surface area contributed by atoms with Crippen molar-refractivity contribution in [3.05, 3.63) is 36.5 Å². The van der Waals surface area contributed by atoms with Gasteiger partial charge in [-0.25, -0.2) is 4.79 Å². The van der Waals surface area contributed by atoms with Gasteiger partial charge in [-0.15, -0.1) is 0 Å². The van der Waals surface area contributed by atoms with Gasteiger partial charge in [-0.2, -0.15) is 0 Å². The molecule has 0 aliphatic carbocycles. The SMILES string of the molecule is CCC/C=C\CCCCCCCCC(CCCCCCCC/C=C\C/C=C\CCCCC)OC(=O)NCCCNC. The Morgan fingerprint density at radius 2 is 1.05 bits per heavy atom. The van der Waals surface area contributed by atoms with Crippen LogP contribution in [0.2, 0.25) is 0 Å². The molecule has 1 amide bonds. The van der Waals surface area contributed by atoms with Crippen molar-refractivity contribution in [3.8, 4) is 0 Å². The molecule has 0 aromatic rings. The van der Waals surface area contributed by atoms with E-state index in [4.69, 9.17) is 4.74 Å². The van der Waals surface area contributed by atoms with Crippen molar-refractivity contribution in [3.63, 3.8) is 0 Å². The second-order valence-corrected chi connectivity index (χ2v) is 11.7. The van der Waals surface area contributed by atoms with E-state index in [0.717, 1.165) is 45.1 Å². The second kappa shape index (κ2) is 34.7. The van der Waals surface area contributed by atoms with Crippen LogP contribution in [0.5, 0.6) is 0 Å². The van der Waals surface area contributed by atoms with Crippen molar-refractivity contribution in [2.45, 2.75) is 174 Å². The Hall–Kier alpha value is -1.55. The molecule has 0 aromatic heterocycles. The van der Waals surface area contributed by atoms with E-state index in [-0.39, 0.29) is 12.2 Å². The topological polar surface area (TPSA) is 50.4 Å². The molecule has 0 saturated heterocycles. The molecule has 2 N–H and O–H groups in total. The summed E-state index contributed by atoms with van der Waals surface area (Å²) in [6, 6.07) is 0. The van der Waals surface area contributed by atoms with Crippen LogP contribution in [0.4, 0.5) is 4.79 Å². The number of amides is 1. The number of hydrogen-bond acceptors (Lipinski definition) is 3. The van der Waals surface area contributed by atoms with Crippen LogP contribution in [0, 0.1) is 0 Å². The van der Waals surface area contributed by atoms with Gasteiger partial charge in [0.2, 0.25) is 0 Å². The Bertz CT molecular complexity index is 614. The van der Waals surface area contributed by atoms with Gasteiger partial charge in [0.05, 0.1) is 0 Å². The number of alkyl carbamates (subject to hydrolysis) is 1. The summed E-state index contributed by atoms with van der Waals surface area (Å²) in [5.74, 6) is 0. The maximum atomic E-state index is 12.3. The lowest BCUT2D eigenvalue weighted by Crippen LogP contribution is -2.31. The Labute approximate surface area is 256 Å². The number of rotatable bonds is 31. The fourth-order valence-corrected chi connectivity index (χ4v) is 5.01. The lowest BCUT2D eigenvalue weighted by molar-refractivity contribution is 0.0841. The van der Waals surface area contributed by atoms with E-state index in [2.05, 4.69) is 60.9 Å². The highest BCUT2D eigenvalue weighted by molar-refractivity contribution is 5.67. The Kier molecular flexibility index (Phi) is 33.3. The standard InChI is InChI=1S/C37H70N2O2/c1-4-6-8-10-12-14-16-17-18-19-20-22-24-26-28-30-33-36(41-37(40)39-35-31-34-38-3)32-29-27-25-23-21-15-13-11-9-7-5-2/h9,11-12,14,17-18,36,38H,4-8,10,13,15-16,19-35H2,1-3H3,(H,39,40)/b11-9-,14-12-,18-17-. The summed E-state index contributed by atoms with van der Waals surface area (Å²) in [6.45, 7) is 6.07. The van der Waals surface area contributed by atoms with Crippen LogP contribution in [-0.2, 0) is 4.74 Å². The van der Waals surface area contributed by atoms with E-state index in [1.807, 2.05) is 7.05 Å². The van der Waals surface area contributed by atoms with Gasteiger partial charge in [0.1, 0.15) is 6.10 Å². The van der Waals surface area contributed by atoms with Gasteiger partial charge in [-0.05, 0) is 97.1 Å². The summed E-state index contributed by atoms with van der Waals surface area (Å²) in [7, 11) is 1.94. The minimum absolute atomic E-state index is 0.0637. The minimum atomic E-state index is -0.234. The molecule has 0 bridgehead atoms. The third-order valence-electron chi connectivity index (χ3n) is 7.64. The third-order valence-corrected chi connectivity index (χ3v) is 7.64. The molecule has 0 rings (SSSR count). The highest BCUT2D eigenvalue weighted by atomic mass is 16.6. The van der Waals surface area contributed by atoms with Crippen molar-refractivity contribution in [2.24, 2.45) is 0 Å². The van der Waals surface area contributed by atoms with Gasteiger partial charge >= 0.3 is 6.09 Å². The predicted molar refractivity (Wildman–Crippen MR) is 182 cm³/mol. The van der Waals surface area contributed by atoms with Gasteiger partial charge in [-0.1, -0.05) is 121 Å². The molecular formula is C37H70N2O2. The lowest BCUT2D eigenvalue weighted by atomic mass is 10.0. The van der Waals surface area contributed by atoms with Gasteiger partial charge in [0.15, 0.2) is 0 Å². The normalized spacial score (nSPS) is 12.7. The Morgan fingerprint density at radius 3 is 1.59 bits per heavy atom. The molecule has 0 saturated carbocycles. The fourth-order valence-electron chi connectivity index (χ4n) is 5.01. The first kappa shape index (κ1) is 39.5. The van der Waals surface area contributed by atoms with Crippen LogP contribution >= 0.6 is 0 Å². The molecule has 1 unspecified atom stereocenters. The summed E-state index contributed by atoms with van der Waals surface area (Å²) in [5, 5.41) is 6.05. The smallest absolute Gasteiger partial charge is 0.407 e. The van der Waals surface area contributed by atoms with Crippen molar-refractivity contribution < 1.29 is 9.53 Å². The average Bonchev–Trinajstić information content (AvgIpc) is 2.97. The molecule has 0 fully saturated rings. The average molecular weight is 575 g/mol.